The average molecular weight is 337 g/mol. The van der Waals surface area contributed by atoms with Crippen LogP contribution in [-0.4, -0.2) is 18.8 Å². The van der Waals surface area contributed by atoms with Gasteiger partial charge in [0.05, 0.1) is 12.5 Å². The van der Waals surface area contributed by atoms with Crippen molar-refractivity contribution in [2.45, 2.75) is 38.1 Å². The summed E-state index contributed by atoms with van der Waals surface area (Å²) >= 11 is 0. The zero-order valence-corrected chi connectivity index (χ0v) is 14.7. The first-order valence-corrected chi connectivity index (χ1v) is 8.58. The number of Topliss-reactive ketones (excluding diaryl/α,β-unsaturated/α-hetero) is 1. The number of ketones is 1. The Balaban J connectivity index is 1.92. The van der Waals surface area contributed by atoms with Gasteiger partial charge < -0.3 is 10.1 Å². The van der Waals surface area contributed by atoms with Crippen LogP contribution in [-0.2, 0) is 16.8 Å². The van der Waals surface area contributed by atoms with Crippen molar-refractivity contribution in [1.29, 1.82) is 0 Å². The molecular formula is C21H23NO3. The van der Waals surface area contributed by atoms with Crippen LogP contribution in [0.3, 0.4) is 0 Å². The lowest BCUT2D eigenvalue weighted by molar-refractivity contribution is -0.126. The second-order valence-corrected chi connectivity index (χ2v) is 6.69. The number of benzene rings is 2. The largest absolute Gasteiger partial charge is 0.497 e. The fourth-order valence-corrected chi connectivity index (χ4v) is 3.43. The molecule has 0 radical (unpaired) electrons. The topological polar surface area (TPSA) is 55.4 Å². The van der Waals surface area contributed by atoms with Crippen molar-refractivity contribution in [2.24, 2.45) is 0 Å². The van der Waals surface area contributed by atoms with Crippen LogP contribution in [0.2, 0.25) is 0 Å². The van der Waals surface area contributed by atoms with Gasteiger partial charge in [-0.3, -0.25) is 9.59 Å². The summed E-state index contributed by atoms with van der Waals surface area (Å²) < 4.78 is 5.32. The summed E-state index contributed by atoms with van der Waals surface area (Å²) in [5.74, 6) is 0.702. The standard InChI is InChI=1S/C21H23NO3/c1-21(20(24)22-14-15-7-4-3-5-8-15)12-6-9-19(23)17-11-10-16(25-2)13-18(17)21/h3-5,7-8,10-11,13H,6,9,12,14H2,1-2H3,(H,22,24)/t21-/m0/s1. The molecule has 2 aromatic carbocycles. The van der Waals surface area contributed by atoms with Crippen molar-refractivity contribution in [2.75, 3.05) is 7.11 Å². The third kappa shape index (κ3) is 3.43. The smallest absolute Gasteiger partial charge is 0.230 e. The van der Waals surface area contributed by atoms with Crippen LogP contribution in [0.1, 0.15) is 47.7 Å². The predicted molar refractivity (Wildman–Crippen MR) is 96.8 cm³/mol. The first-order valence-electron chi connectivity index (χ1n) is 8.58. The van der Waals surface area contributed by atoms with Crippen LogP contribution in [0.4, 0.5) is 0 Å². The number of ether oxygens (including phenoxy) is 1. The lowest BCUT2D eigenvalue weighted by Gasteiger charge is -2.29. The van der Waals surface area contributed by atoms with E-state index in [2.05, 4.69) is 5.32 Å². The SMILES string of the molecule is COc1ccc2c(c1)[C@@](C)(C(=O)NCc1ccccc1)CCCC2=O. The van der Waals surface area contributed by atoms with Gasteiger partial charge in [0.1, 0.15) is 5.75 Å². The van der Waals surface area contributed by atoms with E-state index in [9.17, 15) is 9.59 Å². The van der Waals surface area contributed by atoms with Crippen molar-refractivity contribution in [3.63, 3.8) is 0 Å². The van der Waals surface area contributed by atoms with Crippen molar-refractivity contribution in [3.05, 3.63) is 65.2 Å². The van der Waals surface area contributed by atoms with Gasteiger partial charge in [-0.25, -0.2) is 0 Å². The molecule has 0 spiro atoms. The third-order valence-electron chi connectivity index (χ3n) is 5.00. The molecule has 0 unspecified atom stereocenters. The van der Waals surface area contributed by atoms with E-state index in [1.165, 1.54) is 0 Å². The fraction of sp³-hybridized carbons (Fsp3) is 0.333. The van der Waals surface area contributed by atoms with Gasteiger partial charge in [0.25, 0.3) is 0 Å². The molecule has 0 aliphatic heterocycles. The molecule has 1 aliphatic rings. The molecular weight excluding hydrogens is 314 g/mol. The molecule has 1 amide bonds. The van der Waals surface area contributed by atoms with Gasteiger partial charge in [-0.15, -0.1) is 0 Å². The number of amides is 1. The van der Waals surface area contributed by atoms with Crippen molar-refractivity contribution in [1.82, 2.24) is 5.32 Å². The summed E-state index contributed by atoms with van der Waals surface area (Å²) in [4.78, 5) is 25.5. The fourth-order valence-electron chi connectivity index (χ4n) is 3.43. The van der Waals surface area contributed by atoms with Crippen LogP contribution in [0.15, 0.2) is 48.5 Å². The highest BCUT2D eigenvalue weighted by Gasteiger charge is 2.39. The van der Waals surface area contributed by atoms with Gasteiger partial charge in [0.2, 0.25) is 5.91 Å². The monoisotopic (exact) mass is 337 g/mol. The predicted octanol–water partition coefficient (Wildman–Crippen LogP) is 3.64. The van der Waals surface area contributed by atoms with Crippen LogP contribution in [0, 0.1) is 0 Å². The minimum Gasteiger partial charge on any atom is -0.497 e. The van der Waals surface area contributed by atoms with Gasteiger partial charge in [0, 0.05) is 18.5 Å². The number of fused-ring (bicyclic) bond motifs is 1. The number of methoxy groups -OCH3 is 1. The Morgan fingerprint density at radius 2 is 1.96 bits per heavy atom. The van der Waals surface area contributed by atoms with Gasteiger partial charge >= 0.3 is 0 Å². The maximum absolute atomic E-state index is 13.1. The van der Waals surface area contributed by atoms with E-state index in [0.717, 1.165) is 11.1 Å². The van der Waals surface area contributed by atoms with Crippen LogP contribution in [0.5, 0.6) is 5.75 Å². The van der Waals surface area contributed by atoms with Crippen LogP contribution < -0.4 is 10.1 Å². The summed E-state index contributed by atoms with van der Waals surface area (Å²) in [7, 11) is 1.59. The number of carbonyl (C=O) groups excluding carboxylic acids is 2. The van der Waals surface area contributed by atoms with Crippen LogP contribution in [0.25, 0.3) is 0 Å². The number of hydrogen-bond acceptors (Lipinski definition) is 3. The zero-order valence-electron chi connectivity index (χ0n) is 14.7. The minimum absolute atomic E-state index is 0.0550. The molecule has 4 heteroatoms. The quantitative estimate of drug-likeness (QED) is 0.867. The summed E-state index contributed by atoms with van der Waals surface area (Å²) in [6.45, 7) is 2.40. The lowest BCUT2D eigenvalue weighted by Crippen LogP contribution is -2.42. The lowest BCUT2D eigenvalue weighted by atomic mass is 9.76. The van der Waals surface area contributed by atoms with E-state index in [1.807, 2.05) is 43.3 Å². The van der Waals surface area contributed by atoms with Gasteiger partial charge in [0.15, 0.2) is 5.78 Å². The van der Waals surface area contributed by atoms with Gasteiger partial charge in [-0.05, 0) is 49.1 Å². The van der Waals surface area contributed by atoms with E-state index in [4.69, 9.17) is 4.74 Å². The Kier molecular flexibility index (Phi) is 4.88. The molecule has 0 heterocycles. The average Bonchev–Trinajstić information content (AvgIpc) is 2.78. The summed E-state index contributed by atoms with van der Waals surface area (Å²) in [6.07, 6.45) is 1.81. The molecule has 1 N–H and O–H groups in total. The first-order chi connectivity index (χ1) is 12.0. The highest BCUT2D eigenvalue weighted by Crippen LogP contribution is 2.38. The Hall–Kier alpha value is -2.62. The van der Waals surface area contributed by atoms with Gasteiger partial charge in [-0.1, -0.05) is 30.3 Å². The van der Waals surface area contributed by atoms with Crippen molar-refractivity contribution in [3.8, 4) is 5.75 Å². The summed E-state index contributed by atoms with van der Waals surface area (Å²) in [5, 5.41) is 3.04. The van der Waals surface area contributed by atoms with E-state index in [1.54, 1.807) is 19.2 Å². The Bertz CT molecular complexity index is 785. The zero-order chi connectivity index (χ0) is 17.9. The molecule has 25 heavy (non-hydrogen) atoms. The Labute approximate surface area is 148 Å². The maximum Gasteiger partial charge on any atom is 0.230 e. The highest BCUT2D eigenvalue weighted by atomic mass is 16.5. The Morgan fingerprint density at radius 1 is 1.20 bits per heavy atom. The van der Waals surface area contributed by atoms with Gasteiger partial charge in [-0.2, -0.15) is 0 Å². The maximum atomic E-state index is 13.1. The molecule has 0 saturated heterocycles. The number of hydrogen-bond donors (Lipinski definition) is 1. The third-order valence-corrected chi connectivity index (χ3v) is 5.00. The molecule has 0 fully saturated rings. The van der Waals surface area contributed by atoms with E-state index in [0.29, 0.717) is 37.1 Å². The molecule has 3 rings (SSSR count). The minimum atomic E-state index is -0.745. The molecule has 1 aliphatic carbocycles. The summed E-state index contributed by atoms with van der Waals surface area (Å²) in [5.41, 5.74) is 1.70. The molecule has 130 valence electrons. The van der Waals surface area contributed by atoms with E-state index < -0.39 is 5.41 Å². The molecule has 2 aromatic rings. The van der Waals surface area contributed by atoms with Crippen molar-refractivity contribution < 1.29 is 14.3 Å². The molecule has 0 bridgehead atoms. The normalized spacial score (nSPS) is 19.7. The first kappa shape index (κ1) is 17.2. The second kappa shape index (κ2) is 7.09. The van der Waals surface area contributed by atoms with Crippen LogP contribution >= 0.6 is 0 Å². The molecule has 4 nitrogen and oxygen atoms in total. The Morgan fingerprint density at radius 3 is 2.68 bits per heavy atom. The molecule has 1 atom stereocenters. The second-order valence-electron chi connectivity index (χ2n) is 6.69. The summed E-state index contributed by atoms with van der Waals surface area (Å²) in [6, 6.07) is 15.2. The number of carbonyl (C=O) groups is 2. The number of rotatable bonds is 4. The van der Waals surface area contributed by atoms with E-state index in [-0.39, 0.29) is 11.7 Å². The highest BCUT2D eigenvalue weighted by molar-refractivity contribution is 6.01. The molecule has 0 aromatic heterocycles. The van der Waals surface area contributed by atoms with Crippen molar-refractivity contribution >= 4 is 11.7 Å². The molecule has 0 saturated carbocycles. The number of nitrogens with one attached hydrogen (secondary N) is 1. The van der Waals surface area contributed by atoms with E-state index >= 15 is 0 Å².